The fourth-order valence-electron chi connectivity index (χ4n) is 0.582. The summed E-state index contributed by atoms with van der Waals surface area (Å²) in [6.07, 6.45) is 4.11. The fourth-order valence-corrected chi connectivity index (χ4v) is 0.582. The smallest absolute Gasteiger partial charge is 0.161 e. The van der Waals surface area contributed by atoms with E-state index >= 15 is 0 Å². The van der Waals surface area contributed by atoms with Crippen LogP contribution in [-0.4, -0.2) is 0 Å². The second-order valence-electron chi connectivity index (χ2n) is 2.21. The van der Waals surface area contributed by atoms with Crippen LogP contribution < -0.4 is 0 Å². The van der Waals surface area contributed by atoms with Crippen molar-refractivity contribution in [2.75, 3.05) is 0 Å². The van der Waals surface area contributed by atoms with Gasteiger partial charge in [0.2, 0.25) is 0 Å². The Balaban J connectivity index is 4.40. The van der Waals surface area contributed by atoms with Crippen LogP contribution in [0.5, 0.6) is 0 Å². The molecule has 0 fully saturated rings. The molecule has 0 aliphatic heterocycles. The van der Waals surface area contributed by atoms with Crippen molar-refractivity contribution in [1.29, 1.82) is 0 Å². The van der Waals surface area contributed by atoms with Gasteiger partial charge in [-0.25, -0.2) is 8.78 Å². The molecule has 0 radical (unpaired) electrons. The number of rotatable bonds is 3. The summed E-state index contributed by atoms with van der Waals surface area (Å²) in [6, 6.07) is 0. The third-order valence-corrected chi connectivity index (χ3v) is 1.19. The van der Waals surface area contributed by atoms with E-state index in [0.29, 0.717) is 0 Å². The van der Waals surface area contributed by atoms with E-state index in [1.165, 1.54) is 6.92 Å². The Bertz CT molecular complexity index is 200. The van der Waals surface area contributed by atoms with Crippen molar-refractivity contribution in [3.8, 4) is 0 Å². The van der Waals surface area contributed by atoms with Gasteiger partial charge in [0, 0.05) is 0 Å². The maximum atomic E-state index is 12.6. The van der Waals surface area contributed by atoms with Gasteiger partial charge in [-0.2, -0.15) is 0 Å². The Morgan fingerprint density at radius 1 is 1.45 bits per heavy atom. The van der Waals surface area contributed by atoms with Crippen LogP contribution in [-0.2, 0) is 0 Å². The monoisotopic (exact) mass is 158 g/mol. The third kappa shape index (κ3) is 3.71. The van der Waals surface area contributed by atoms with Gasteiger partial charge in [-0.05, 0) is 18.9 Å². The molecule has 0 aromatic heterocycles. The zero-order valence-electron chi connectivity index (χ0n) is 6.82. The third-order valence-electron chi connectivity index (χ3n) is 1.19. The zero-order chi connectivity index (χ0) is 8.85. The standard InChI is InChI=1S/C9H12F2/c1-4-5-6-7(2)9(11)8(3)10/h5-6H,3-4H2,1-2H3/b6-5-,9-7+. The molecular formula is C9H12F2. The zero-order valence-corrected chi connectivity index (χ0v) is 6.82. The summed E-state index contributed by atoms with van der Waals surface area (Å²) in [5.74, 6) is -1.88. The molecule has 0 heterocycles. The highest BCUT2D eigenvalue weighted by Gasteiger charge is 2.01. The Hall–Kier alpha value is -0.920. The first-order valence-corrected chi connectivity index (χ1v) is 3.47. The lowest BCUT2D eigenvalue weighted by atomic mass is 10.2. The second kappa shape index (κ2) is 4.83. The minimum atomic E-state index is -1.01. The summed E-state index contributed by atoms with van der Waals surface area (Å²) < 4.78 is 24.7. The molecule has 0 aromatic rings. The molecule has 11 heavy (non-hydrogen) atoms. The highest BCUT2D eigenvalue weighted by atomic mass is 19.2. The molecule has 0 bridgehead atoms. The minimum Gasteiger partial charge on any atom is -0.204 e. The summed E-state index contributed by atoms with van der Waals surface area (Å²) in [6.45, 7) is 6.28. The average Bonchev–Trinajstić information content (AvgIpc) is 1.98. The molecule has 0 nitrogen and oxygen atoms in total. The molecule has 0 unspecified atom stereocenters. The first-order chi connectivity index (χ1) is 5.09. The molecule has 0 saturated carbocycles. The van der Waals surface area contributed by atoms with Gasteiger partial charge in [0.15, 0.2) is 11.7 Å². The molecule has 0 aliphatic rings. The highest BCUT2D eigenvalue weighted by molar-refractivity contribution is 5.28. The van der Waals surface area contributed by atoms with Crippen LogP contribution in [0.2, 0.25) is 0 Å². The summed E-state index contributed by atoms with van der Waals surface area (Å²) in [5.41, 5.74) is 0.277. The number of halogens is 2. The quantitative estimate of drug-likeness (QED) is 0.549. The van der Waals surface area contributed by atoms with Crippen molar-refractivity contribution in [2.45, 2.75) is 20.3 Å². The average molecular weight is 158 g/mol. The van der Waals surface area contributed by atoms with Crippen molar-refractivity contribution in [3.63, 3.8) is 0 Å². The van der Waals surface area contributed by atoms with Gasteiger partial charge in [0.05, 0.1) is 0 Å². The van der Waals surface area contributed by atoms with E-state index in [4.69, 9.17) is 0 Å². The molecule has 0 spiro atoms. The summed E-state index contributed by atoms with van der Waals surface area (Å²) in [5, 5.41) is 0. The highest BCUT2D eigenvalue weighted by Crippen LogP contribution is 2.16. The normalized spacial score (nSPS) is 13.5. The van der Waals surface area contributed by atoms with Crippen LogP contribution in [0.25, 0.3) is 0 Å². The Kier molecular flexibility index (Phi) is 4.42. The van der Waals surface area contributed by atoms with Crippen LogP contribution in [0.3, 0.4) is 0 Å². The first kappa shape index (κ1) is 10.1. The molecule has 0 N–H and O–H groups in total. The van der Waals surface area contributed by atoms with Crippen molar-refractivity contribution < 1.29 is 8.78 Å². The van der Waals surface area contributed by atoms with Crippen LogP contribution in [0.4, 0.5) is 8.78 Å². The number of hydrogen-bond acceptors (Lipinski definition) is 0. The summed E-state index contributed by atoms with van der Waals surface area (Å²) in [7, 11) is 0. The SMILES string of the molecule is C=C(F)/C(F)=C(C)\C=C/CC. The predicted octanol–water partition coefficient (Wildman–Crippen LogP) is 3.68. The molecule has 0 aliphatic carbocycles. The molecule has 0 saturated heterocycles. The van der Waals surface area contributed by atoms with Crippen LogP contribution in [0.1, 0.15) is 20.3 Å². The molecule has 62 valence electrons. The Morgan fingerprint density at radius 3 is 2.36 bits per heavy atom. The predicted molar refractivity (Wildman–Crippen MR) is 43.5 cm³/mol. The minimum absolute atomic E-state index is 0.277. The van der Waals surface area contributed by atoms with Gasteiger partial charge < -0.3 is 0 Å². The molecule has 0 amide bonds. The van der Waals surface area contributed by atoms with E-state index in [1.807, 2.05) is 6.92 Å². The van der Waals surface area contributed by atoms with Crippen molar-refractivity contribution >= 4 is 0 Å². The van der Waals surface area contributed by atoms with E-state index in [0.717, 1.165) is 6.42 Å². The topological polar surface area (TPSA) is 0 Å². The maximum Gasteiger partial charge on any atom is 0.161 e. The van der Waals surface area contributed by atoms with Gasteiger partial charge >= 0.3 is 0 Å². The molecule has 2 heteroatoms. The lowest BCUT2D eigenvalue weighted by Gasteiger charge is -1.94. The summed E-state index contributed by atoms with van der Waals surface area (Å²) in [4.78, 5) is 0. The molecular weight excluding hydrogens is 146 g/mol. The fraction of sp³-hybridized carbons (Fsp3) is 0.333. The van der Waals surface area contributed by atoms with E-state index in [9.17, 15) is 8.78 Å². The lowest BCUT2D eigenvalue weighted by Crippen LogP contribution is -1.78. The van der Waals surface area contributed by atoms with Crippen LogP contribution in [0.15, 0.2) is 36.0 Å². The van der Waals surface area contributed by atoms with Gasteiger partial charge in [0.25, 0.3) is 0 Å². The Labute approximate surface area is 65.9 Å². The lowest BCUT2D eigenvalue weighted by molar-refractivity contribution is 0.542. The Morgan fingerprint density at radius 2 is 2.00 bits per heavy atom. The van der Waals surface area contributed by atoms with Gasteiger partial charge in [-0.1, -0.05) is 25.7 Å². The van der Waals surface area contributed by atoms with Gasteiger partial charge in [-0.15, -0.1) is 0 Å². The van der Waals surface area contributed by atoms with Crippen molar-refractivity contribution in [1.82, 2.24) is 0 Å². The maximum absolute atomic E-state index is 12.6. The van der Waals surface area contributed by atoms with Crippen LogP contribution >= 0.6 is 0 Å². The van der Waals surface area contributed by atoms with E-state index in [1.54, 1.807) is 12.2 Å². The van der Waals surface area contributed by atoms with Gasteiger partial charge in [-0.3, -0.25) is 0 Å². The van der Waals surface area contributed by atoms with E-state index in [2.05, 4.69) is 6.58 Å². The molecule has 0 atom stereocenters. The largest absolute Gasteiger partial charge is 0.204 e. The van der Waals surface area contributed by atoms with Crippen molar-refractivity contribution in [2.24, 2.45) is 0 Å². The van der Waals surface area contributed by atoms with E-state index in [-0.39, 0.29) is 5.57 Å². The molecule has 0 rings (SSSR count). The van der Waals surface area contributed by atoms with Crippen molar-refractivity contribution in [3.05, 3.63) is 36.0 Å². The second-order valence-corrected chi connectivity index (χ2v) is 2.21. The van der Waals surface area contributed by atoms with Gasteiger partial charge in [0.1, 0.15) is 0 Å². The van der Waals surface area contributed by atoms with Crippen LogP contribution in [0, 0.1) is 0 Å². The first-order valence-electron chi connectivity index (χ1n) is 3.47. The van der Waals surface area contributed by atoms with E-state index < -0.39 is 11.7 Å². The summed E-state index contributed by atoms with van der Waals surface area (Å²) >= 11 is 0. The number of allylic oxidation sites excluding steroid dienone is 5. The molecule has 0 aromatic carbocycles. The number of hydrogen-bond donors (Lipinski definition) is 0.